The van der Waals surface area contributed by atoms with E-state index >= 15 is 0 Å². The number of methoxy groups -OCH3 is 1. The van der Waals surface area contributed by atoms with Crippen molar-refractivity contribution in [1.29, 1.82) is 0 Å². The van der Waals surface area contributed by atoms with Gasteiger partial charge in [-0.1, -0.05) is 30.3 Å². The minimum Gasteiger partial charge on any atom is -0.468 e. The molecule has 1 fully saturated rings. The van der Waals surface area contributed by atoms with Gasteiger partial charge in [0.15, 0.2) is 0 Å². The molecule has 1 aromatic rings. The molecule has 1 heterocycles. The average Bonchev–Trinajstić information content (AvgIpc) is 2.46. The summed E-state index contributed by atoms with van der Waals surface area (Å²) in [6.45, 7) is 0. The van der Waals surface area contributed by atoms with Gasteiger partial charge in [0, 0.05) is 11.8 Å². The molecule has 0 saturated carbocycles. The number of carbonyl (C=O) groups excluding carboxylic acids is 1. The Labute approximate surface area is 112 Å². The van der Waals surface area contributed by atoms with E-state index in [-0.39, 0.29) is 12.0 Å². The summed E-state index contributed by atoms with van der Waals surface area (Å²) >= 11 is 1.94. The van der Waals surface area contributed by atoms with Gasteiger partial charge in [0.1, 0.15) is 6.04 Å². The smallest absolute Gasteiger partial charge is 0.327 e. The molecule has 1 saturated heterocycles. The zero-order valence-electron chi connectivity index (χ0n) is 10.6. The second-order valence-electron chi connectivity index (χ2n) is 4.45. The molecule has 0 radical (unpaired) electrons. The molecule has 18 heavy (non-hydrogen) atoms. The molecule has 0 spiro atoms. The third-order valence-corrected chi connectivity index (χ3v) is 4.35. The molecule has 2 rings (SSSR count). The Hall–Kier alpha value is -1.00. The van der Waals surface area contributed by atoms with Crippen LogP contribution in [0.4, 0.5) is 0 Å². The maximum Gasteiger partial charge on any atom is 0.327 e. The lowest BCUT2D eigenvalue weighted by Gasteiger charge is -2.27. The maximum absolute atomic E-state index is 11.9. The molecule has 0 aromatic heterocycles. The normalized spacial score (nSPS) is 21.3. The fourth-order valence-corrected chi connectivity index (χ4v) is 3.26. The Kier molecular flexibility index (Phi) is 5.08. The van der Waals surface area contributed by atoms with Crippen molar-refractivity contribution in [3.63, 3.8) is 0 Å². The molecule has 3 nitrogen and oxygen atoms in total. The first-order valence-electron chi connectivity index (χ1n) is 6.28. The van der Waals surface area contributed by atoms with E-state index in [0.717, 1.165) is 17.7 Å². The Morgan fingerprint density at radius 2 is 2.22 bits per heavy atom. The van der Waals surface area contributed by atoms with Gasteiger partial charge in [-0.15, -0.1) is 0 Å². The highest BCUT2D eigenvalue weighted by Gasteiger charge is 2.25. The Bertz CT molecular complexity index is 377. The van der Waals surface area contributed by atoms with Crippen molar-refractivity contribution in [2.24, 2.45) is 0 Å². The van der Waals surface area contributed by atoms with E-state index in [1.54, 1.807) is 0 Å². The summed E-state index contributed by atoms with van der Waals surface area (Å²) < 4.78 is 4.90. The lowest BCUT2D eigenvalue weighted by atomic mass is 10.0. The van der Waals surface area contributed by atoms with Crippen LogP contribution in [0.25, 0.3) is 0 Å². The molecule has 1 aliphatic heterocycles. The van der Waals surface area contributed by atoms with Gasteiger partial charge in [0.05, 0.1) is 7.11 Å². The number of nitrogens with one attached hydrogen (secondary N) is 1. The molecule has 0 bridgehead atoms. The molecular formula is C14H19NO2S. The molecule has 2 atom stereocenters. The zero-order valence-corrected chi connectivity index (χ0v) is 11.4. The lowest BCUT2D eigenvalue weighted by Crippen LogP contribution is -2.40. The number of carbonyl (C=O) groups is 1. The van der Waals surface area contributed by atoms with Gasteiger partial charge >= 0.3 is 5.97 Å². The number of benzene rings is 1. The minimum atomic E-state index is -0.347. The number of hydrogen-bond acceptors (Lipinski definition) is 4. The molecule has 4 heteroatoms. The number of rotatable bonds is 4. The van der Waals surface area contributed by atoms with E-state index < -0.39 is 0 Å². The average molecular weight is 265 g/mol. The molecule has 1 N–H and O–H groups in total. The van der Waals surface area contributed by atoms with Gasteiger partial charge in [-0.3, -0.25) is 5.32 Å². The first-order valence-corrected chi connectivity index (χ1v) is 7.43. The Morgan fingerprint density at radius 1 is 1.44 bits per heavy atom. The highest BCUT2D eigenvalue weighted by atomic mass is 32.2. The second kappa shape index (κ2) is 6.81. The third kappa shape index (κ3) is 3.50. The van der Waals surface area contributed by atoms with Gasteiger partial charge in [0.25, 0.3) is 0 Å². The SMILES string of the molecule is COC(=O)[C@H](N[C@@H]1CCCSC1)c1ccccc1. The van der Waals surface area contributed by atoms with Crippen molar-refractivity contribution in [2.45, 2.75) is 24.9 Å². The summed E-state index contributed by atoms with van der Waals surface area (Å²) in [5.74, 6) is 2.09. The molecule has 0 amide bonds. The Morgan fingerprint density at radius 3 is 2.83 bits per heavy atom. The van der Waals surface area contributed by atoms with Gasteiger partial charge in [-0.25, -0.2) is 4.79 Å². The summed E-state index contributed by atoms with van der Waals surface area (Å²) in [6.07, 6.45) is 2.35. The number of thioether (sulfide) groups is 1. The molecule has 0 aliphatic carbocycles. The number of hydrogen-bond donors (Lipinski definition) is 1. The maximum atomic E-state index is 11.9. The lowest BCUT2D eigenvalue weighted by molar-refractivity contribution is -0.143. The largest absolute Gasteiger partial charge is 0.468 e. The van der Waals surface area contributed by atoms with E-state index in [1.165, 1.54) is 19.3 Å². The van der Waals surface area contributed by atoms with Crippen LogP contribution in [0.5, 0.6) is 0 Å². The van der Waals surface area contributed by atoms with Crippen molar-refractivity contribution in [3.05, 3.63) is 35.9 Å². The minimum absolute atomic E-state index is 0.211. The van der Waals surface area contributed by atoms with Crippen LogP contribution in [0, 0.1) is 0 Å². The fraction of sp³-hybridized carbons (Fsp3) is 0.500. The summed E-state index contributed by atoms with van der Waals surface area (Å²) in [6, 6.07) is 9.82. The quantitative estimate of drug-likeness (QED) is 0.848. The Balaban J connectivity index is 2.07. The van der Waals surface area contributed by atoms with Crippen molar-refractivity contribution < 1.29 is 9.53 Å². The van der Waals surface area contributed by atoms with E-state index in [2.05, 4.69) is 5.32 Å². The first kappa shape index (κ1) is 13.4. The summed E-state index contributed by atoms with van der Waals surface area (Å²) in [5.41, 5.74) is 0.972. The van der Waals surface area contributed by atoms with Crippen LogP contribution < -0.4 is 5.32 Å². The van der Waals surface area contributed by atoms with E-state index in [1.807, 2.05) is 42.1 Å². The van der Waals surface area contributed by atoms with E-state index in [0.29, 0.717) is 6.04 Å². The predicted octanol–water partition coefficient (Wildman–Crippen LogP) is 2.39. The highest BCUT2D eigenvalue weighted by Crippen LogP contribution is 2.21. The number of esters is 1. The van der Waals surface area contributed by atoms with Crippen LogP contribution in [0.2, 0.25) is 0 Å². The zero-order chi connectivity index (χ0) is 12.8. The first-order chi connectivity index (χ1) is 8.81. The van der Waals surface area contributed by atoms with E-state index in [9.17, 15) is 4.79 Å². The van der Waals surface area contributed by atoms with Gasteiger partial charge in [0.2, 0.25) is 0 Å². The van der Waals surface area contributed by atoms with Crippen molar-refractivity contribution >= 4 is 17.7 Å². The number of ether oxygens (including phenoxy) is 1. The van der Waals surface area contributed by atoms with Crippen LogP contribution in [0.15, 0.2) is 30.3 Å². The molecule has 1 aromatic carbocycles. The summed E-state index contributed by atoms with van der Waals surface area (Å²) in [7, 11) is 1.44. The van der Waals surface area contributed by atoms with Crippen LogP contribution in [-0.4, -0.2) is 30.6 Å². The van der Waals surface area contributed by atoms with Crippen LogP contribution >= 0.6 is 11.8 Å². The molecule has 98 valence electrons. The molecule has 1 aliphatic rings. The van der Waals surface area contributed by atoms with Crippen molar-refractivity contribution in [2.75, 3.05) is 18.6 Å². The second-order valence-corrected chi connectivity index (χ2v) is 5.60. The van der Waals surface area contributed by atoms with Crippen molar-refractivity contribution in [1.82, 2.24) is 5.32 Å². The van der Waals surface area contributed by atoms with Gasteiger partial charge in [-0.05, 0) is 24.2 Å². The fourth-order valence-electron chi connectivity index (χ4n) is 2.17. The summed E-state index contributed by atoms with van der Waals surface area (Å²) in [5, 5.41) is 3.43. The van der Waals surface area contributed by atoms with Gasteiger partial charge in [-0.2, -0.15) is 11.8 Å². The predicted molar refractivity (Wildman–Crippen MR) is 74.7 cm³/mol. The highest BCUT2D eigenvalue weighted by molar-refractivity contribution is 7.99. The van der Waals surface area contributed by atoms with Gasteiger partial charge < -0.3 is 4.74 Å². The third-order valence-electron chi connectivity index (χ3n) is 3.13. The molecule has 0 unspecified atom stereocenters. The van der Waals surface area contributed by atoms with Crippen molar-refractivity contribution in [3.8, 4) is 0 Å². The topological polar surface area (TPSA) is 38.3 Å². The van der Waals surface area contributed by atoms with Crippen LogP contribution in [0.1, 0.15) is 24.4 Å². The summed E-state index contributed by atoms with van der Waals surface area (Å²) in [4.78, 5) is 11.9. The van der Waals surface area contributed by atoms with Crippen LogP contribution in [0.3, 0.4) is 0 Å². The molecular weight excluding hydrogens is 246 g/mol. The standard InChI is InChI=1S/C14H19NO2S/c1-17-14(16)13(11-6-3-2-4-7-11)15-12-8-5-9-18-10-12/h2-4,6-7,12-13,15H,5,8-10H2,1H3/t12-,13-/m1/s1. The monoisotopic (exact) mass is 265 g/mol. The van der Waals surface area contributed by atoms with E-state index in [4.69, 9.17) is 4.74 Å². The van der Waals surface area contributed by atoms with Crippen LogP contribution in [-0.2, 0) is 9.53 Å².